The number of nitrogens with one attached hydrogen (secondary N) is 1. The minimum absolute atomic E-state index is 0.297. The summed E-state index contributed by atoms with van der Waals surface area (Å²) in [5.41, 5.74) is 3.15. The van der Waals surface area contributed by atoms with E-state index in [0.29, 0.717) is 11.4 Å². The first kappa shape index (κ1) is 10.3. The van der Waals surface area contributed by atoms with Gasteiger partial charge in [-0.25, -0.2) is 9.37 Å². The highest BCUT2D eigenvalue weighted by molar-refractivity contribution is 5.80. The second-order valence-corrected chi connectivity index (χ2v) is 3.11. The van der Waals surface area contributed by atoms with Crippen LogP contribution in [0.4, 0.5) is 10.2 Å². The maximum Gasteiger partial charge on any atom is 0.146 e. The van der Waals surface area contributed by atoms with Crippen LogP contribution >= 0.6 is 0 Å². The minimum Gasteiger partial charge on any atom is -0.261 e. The van der Waals surface area contributed by atoms with Crippen molar-refractivity contribution in [3.05, 3.63) is 60.0 Å². The van der Waals surface area contributed by atoms with E-state index < -0.39 is 0 Å². The summed E-state index contributed by atoms with van der Waals surface area (Å²) in [6.45, 7) is 0. The van der Waals surface area contributed by atoms with Crippen LogP contribution in [0.1, 0.15) is 5.56 Å². The number of pyridine rings is 1. The van der Waals surface area contributed by atoms with Gasteiger partial charge in [0.25, 0.3) is 0 Å². The molecular weight excluding hydrogens is 205 g/mol. The van der Waals surface area contributed by atoms with Crippen LogP contribution in [0.3, 0.4) is 0 Å². The van der Waals surface area contributed by atoms with Crippen molar-refractivity contribution < 1.29 is 4.39 Å². The molecule has 1 heterocycles. The van der Waals surface area contributed by atoms with E-state index >= 15 is 0 Å². The number of hydrogen-bond donors (Lipinski definition) is 1. The molecule has 1 N–H and O–H groups in total. The van der Waals surface area contributed by atoms with Gasteiger partial charge < -0.3 is 0 Å². The molecule has 3 nitrogen and oxygen atoms in total. The number of nitrogens with zero attached hydrogens (tertiary/aromatic N) is 2. The Hall–Kier alpha value is -2.23. The number of aromatic nitrogens is 1. The lowest BCUT2D eigenvalue weighted by atomic mass is 10.2. The number of anilines is 1. The van der Waals surface area contributed by atoms with Gasteiger partial charge >= 0.3 is 0 Å². The van der Waals surface area contributed by atoms with E-state index in [4.69, 9.17) is 0 Å². The van der Waals surface area contributed by atoms with Crippen molar-refractivity contribution in [3.8, 4) is 0 Å². The Bertz CT molecular complexity index is 483. The van der Waals surface area contributed by atoms with Crippen LogP contribution in [-0.4, -0.2) is 11.2 Å². The van der Waals surface area contributed by atoms with Crippen LogP contribution in [0, 0.1) is 5.82 Å². The molecule has 16 heavy (non-hydrogen) atoms. The van der Waals surface area contributed by atoms with E-state index in [1.165, 1.54) is 12.3 Å². The van der Waals surface area contributed by atoms with Gasteiger partial charge in [-0.15, -0.1) is 0 Å². The maximum atomic E-state index is 13.2. The van der Waals surface area contributed by atoms with Crippen LogP contribution in [0.15, 0.2) is 53.8 Å². The normalized spacial score (nSPS) is 10.6. The average molecular weight is 215 g/mol. The molecule has 0 aliphatic heterocycles. The predicted molar refractivity (Wildman–Crippen MR) is 61.9 cm³/mol. The molecule has 2 aromatic rings. The Kier molecular flexibility index (Phi) is 3.23. The molecule has 4 heteroatoms. The van der Waals surface area contributed by atoms with Gasteiger partial charge in [-0.05, 0) is 18.2 Å². The highest BCUT2D eigenvalue weighted by Crippen LogP contribution is 2.04. The molecule has 0 unspecified atom stereocenters. The first-order valence-corrected chi connectivity index (χ1v) is 4.81. The minimum atomic E-state index is -0.297. The molecule has 1 aromatic carbocycles. The molecule has 0 amide bonds. The lowest BCUT2D eigenvalue weighted by Gasteiger charge is -1.98. The SMILES string of the molecule is Fc1ccccc1C=NNc1ccccn1. The quantitative estimate of drug-likeness (QED) is 0.631. The fraction of sp³-hybridized carbons (Fsp3) is 0. The lowest BCUT2D eigenvalue weighted by Crippen LogP contribution is -1.94. The standard InChI is InChI=1S/C12H10FN3/c13-11-6-2-1-5-10(11)9-15-16-12-7-3-4-8-14-12/h1-9H,(H,14,16). The van der Waals surface area contributed by atoms with Gasteiger partial charge in [0.2, 0.25) is 0 Å². The summed E-state index contributed by atoms with van der Waals surface area (Å²) in [7, 11) is 0. The molecule has 0 aliphatic rings. The van der Waals surface area contributed by atoms with E-state index in [1.807, 2.05) is 12.1 Å². The molecule has 0 bridgehead atoms. The predicted octanol–water partition coefficient (Wildman–Crippen LogP) is 2.67. The highest BCUT2D eigenvalue weighted by Gasteiger charge is 1.95. The van der Waals surface area contributed by atoms with Gasteiger partial charge in [0.05, 0.1) is 6.21 Å². The topological polar surface area (TPSA) is 37.3 Å². The Morgan fingerprint density at radius 2 is 1.94 bits per heavy atom. The molecule has 0 spiro atoms. The van der Waals surface area contributed by atoms with Crippen molar-refractivity contribution in [1.82, 2.24) is 4.98 Å². The van der Waals surface area contributed by atoms with Crippen molar-refractivity contribution >= 4 is 12.0 Å². The van der Waals surface area contributed by atoms with E-state index in [0.717, 1.165) is 0 Å². The molecular formula is C12H10FN3. The smallest absolute Gasteiger partial charge is 0.146 e. The van der Waals surface area contributed by atoms with E-state index in [1.54, 1.807) is 30.5 Å². The molecule has 0 radical (unpaired) electrons. The van der Waals surface area contributed by atoms with Crippen molar-refractivity contribution in [1.29, 1.82) is 0 Å². The molecule has 1 aromatic heterocycles. The molecule has 0 saturated heterocycles. The Morgan fingerprint density at radius 1 is 1.12 bits per heavy atom. The van der Waals surface area contributed by atoms with Crippen molar-refractivity contribution in [2.24, 2.45) is 5.10 Å². The lowest BCUT2D eigenvalue weighted by molar-refractivity contribution is 0.626. The maximum absolute atomic E-state index is 13.2. The summed E-state index contributed by atoms with van der Waals surface area (Å²) in [4.78, 5) is 4.01. The zero-order valence-electron chi connectivity index (χ0n) is 8.47. The molecule has 0 fully saturated rings. The fourth-order valence-corrected chi connectivity index (χ4v) is 1.18. The van der Waals surface area contributed by atoms with Gasteiger partial charge in [-0.1, -0.05) is 24.3 Å². The highest BCUT2D eigenvalue weighted by atomic mass is 19.1. The molecule has 2 rings (SSSR count). The third-order valence-corrected chi connectivity index (χ3v) is 1.95. The number of hydrogen-bond acceptors (Lipinski definition) is 3. The van der Waals surface area contributed by atoms with Gasteiger partial charge in [0.1, 0.15) is 11.6 Å². The van der Waals surface area contributed by atoms with E-state index in [2.05, 4.69) is 15.5 Å². The van der Waals surface area contributed by atoms with Crippen molar-refractivity contribution in [3.63, 3.8) is 0 Å². The fourth-order valence-electron chi connectivity index (χ4n) is 1.18. The van der Waals surface area contributed by atoms with Crippen LogP contribution < -0.4 is 5.43 Å². The van der Waals surface area contributed by atoms with Gasteiger partial charge in [0, 0.05) is 11.8 Å². The van der Waals surface area contributed by atoms with Crippen LogP contribution in [0.2, 0.25) is 0 Å². The van der Waals surface area contributed by atoms with Crippen molar-refractivity contribution in [2.75, 3.05) is 5.43 Å². The van der Waals surface area contributed by atoms with Gasteiger partial charge in [-0.2, -0.15) is 5.10 Å². The van der Waals surface area contributed by atoms with E-state index in [9.17, 15) is 4.39 Å². The van der Waals surface area contributed by atoms with E-state index in [-0.39, 0.29) is 5.82 Å². The summed E-state index contributed by atoms with van der Waals surface area (Å²) in [6, 6.07) is 11.9. The summed E-state index contributed by atoms with van der Waals surface area (Å²) in [5.74, 6) is 0.323. The second-order valence-electron chi connectivity index (χ2n) is 3.11. The second kappa shape index (κ2) is 5.02. The first-order chi connectivity index (χ1) is 7.86. The largest absolute Gasteiger partial charge is 0.261 e. The van der Waals surface area contributed by atoms with Crippen LogP contribution in [-0.2, 0) is 0 Å². The summed E-state index contributed by atoms with van der Waals surface area (Å²) < 4.78 is 13.2. The molecule has 0 atom stereocenters. The zero-order chi connectivity index (χ0) is 11.2. The summed E-state index contributed by atoms with van der Waals surface area (Å²) >= 11 is 0. The molecule has 80 valence electrons. The third-order valence-electron chi connectivity index (χ3n) is 1.95. The molecule has 0 aliphatic carbocycles. The summed E-state index contributed by atoms with van der Waals surface area (Å²) in [6.07, 6.45) is 3.07. The average Bonchev–Trinajstić information content (AvgIpc) is 2.33. The number of halogens is 1. The molecule has 0 saturated carbocycles. The first-order valence-electron chi connectivity index (χ1n) is 4.81. The third kappa shape index (κ3) is 2.63. The Labute approximate surface area is 92.7 Å². The Morgan fingerprint density at radius 3 is 2.69 bits per heavy atom. The number of rotatable bonds is 3. The monoisotopic (exact) mass is 215 g/mol. The number of hydrazone groups is 1. The van der Waals surface area contributed by atoms with Crippen LogP contribution in [0.25, 0.3) is 0 Å². The summed E-state index contributed by atoms with van der Waals surface area (Å²) in [5, 5.41) is 3.90. The Balaban J connectivity index is 2.03. The zero-order valence-corrected chi connectivity index (χ0v) is 8.47. The van der Waals surface area contributed by atoms with Crippen LogP contribution in [0.5, 0.6) is 0 Å². The number of benzene rings is 1. The van der Waals surface area contributed by atoms with Gasteiger partial charge in [0.15, 0.2) is 0 Å². The van der Waals surface area contributed by atoms with Crippen molar-refractivity contribution in [2.45, 2.75) is 0 Å². The van der Waals surface area contributed by atoms with Gasteiger partial charge in [-0.3, -0.25) is 5.43 Å².